The number of carbonyl (C=O) groups excluding carboxylic acids is 1. The predicted molar refractivity (Wildman–Crippen MR) is 104 cm³/mol. The van der Waals surface area contributed by atoms with Crippen molar-refractivity contribution < 1.29 is 14.4 Å². The second-order valence-corrected chi connectivity index (χ2v) is 7.05. The van der Waals surface area contributed by atoms with Crippen LogP contribution in [-0.2, 0) is 9.57 Å². The number of benzene rings is 2. The number of nitrogens with zero attached hydrogens (tertiary/aromatic N) is 1. The zero-order chi connectivity index (χ0) is 18.7. The van der Waals surface area contributed by atoms with Crippen molar-refractivity contribution in [2.75, 3.05) is 18.4 Å². The number of hydrogen-bond donors (Lipinski definition) is 2. The lowest BCUT2D eigenvalue weighted by molar-refractivity contribution is -0.0936. The van der Waals surface area contributed by atoms with Crippen molar-refractivity contribution in [3.05, 3.63) is 65.2 Å². The fourth-order valence-electron chi connectivity index (χ4n) is 3.47. The molecule has 0 aliphatic carbocycles. The average Bonchev–Trinajstić information content (AvgIpc) is 3.02. The third-order valence-electron chi connectivity index (χ3n) is 4.91. The van der Waals surface area contributed by atoms with Crippen LogP contribution in [0.25, 0.3) is 0 Å². The van der Waals surface area contributed by atoms with Crippen LogP contribution < -0.4 is 10.6 Å². The first-order valence-electron chi connectivity index (χ1n) is 8.92. The van der Waals surface area contributed by atoms with Crippen LogP contribution in [0.3, 0.4) is 0 Å². The van der Waals surface area contributed by atoms with Crippen LogP contribution in [0.1, 0.15) is 18.4 Å². The molecular weight excluding hydrogens is 366 g/mol. The molecule has 1 saturated heterocycles. The molecule has 1 fully saturated rings. The van der Waals surface area contributed by atoms with E-state index in [0.29, 0.717) is 29.3 Å². The Hall–Kier alpha value is -2.57. The summed E-state index contributed by atoms with van der Waals surface area (Å²) in [6, 6.07) is 16.7. The van der Waals surface area contributed by atoms with Crippen LogP contribution >= 0.6 is 11.6 Å². The van der Waals surface area contributed by atoms with Crippen molar-refractivity contribution in [2.45, 2.75) is 24.5 Å². The van der Waals surface area contributed by atoms with Gasteiger partial charge >= 0.3 is 6.09 Å². The molecule has 0 bridgehead atoms. The zero-order valence-electron chi connectivity index (χ0n) is 14.7. The highest BCUT2D eigenvalue weighted by Crippen LogP contribution is 2.37. The van der Waals surface area contributed by atoms with Crippen LogP contribution in [0.5, 0.6) is 0 Å². The van der Waals surface area contributed by atoms with Crippen molar-refractivity contribution in [3.63, 3.8) is 0 Å². The molecule has 2 aromatic carbocycles. The lowest BCUT2D eigenvalue weighted by atomic mass is 9.83. The SMILES string of the molecule is O=C(Nc1ccccc1Cl)OC1C(c2ccccc2)=NOC12CCNCC2. The summed E-state index contributed by atoms with van der Waals surface area (Å²) in [5.74, 6) is 0. The number of para-hydroxylation sites is 1. The fraction of sp³-hybridized carbons (Fsp3) is 0.300. The molecule has 140 valence electrons. The van der Waals surface area contributed by atoms with E-state index in [1.165, 1.54) is 0 Å². The first-order chi connectivity index (χ1) is 13.2. The minimum absolute atomic E-state index is 0.450. The number of amides is 1. The average molecular weight is 386 g/mol. The number of halogens is 1. The Morgan fingerprint density at radius 1 is 1.15 bits per heavy atom. The lowest BCUT2D eigenvalue weighted by Gasteiger charge is -2.35. The van der Waals surface area contributed by atoms with E-state index in [2.05, 4.69) is 15.8 Å². The van der Waals surface area contributed by atoms with Crippen molar-refractivity contribution in [2.24, 2.45) is 5.16 Å². The van der Waals surface area contributed by atoms with E-state index in [1.807, 2.05) is 30.3 Å². The van der Waals surface area contributed by atoms with Gasteiger partial charge in [0.05, 0.1) is 10.7 Å². The van der Waals surface area contributed by atoms with Gasteiger partial charge in [-0.3, -0.25) is 5.32 Å². The summed E-state index contributed by atoms with van der Waals surface area (Å²) in [5, 5.41) is 10.8. The maximum Gasteiger partial charge on any atom is 0.412 e. The van der Waals surface area contributed by atoms with Crippen molar-refractivity contribution in [1.29, 1.82) is 0 Å². The van der Waals surface area contributed by atoms with Gasteiger partial charge < -0.3 is 14.9 Å². The molecule has 6 nitrogen and oxygen atoms in total. The van der Waals surface area contributed by atoms with Gasteiger partial charge in [-0.2, -0.15) is 0 Å². The van der Waals surface area contributed by atoms with E-state index in [0.717, 1.165) is 18.7 Å². The molecule has 0 aromatic heterocycles. The van der Waals surface area contributed by atoms with E-state index in [1.54, 1.807) is 24.3 Å². The molecule has 2 aromatic rings. The number of rotatable bonds is 3. The largest absolute Gasteiger partial charge is 0.435 e. The minimum Gasteiger partial charge on any atom is -0.435 e. The van der Waals surface area contributed by atoms with Gasteiger partial charge in [0.1, 0.15) is 5.71 Å². The summed E-state index contributed by atoms with van der Waals surface area (Å²) in [6.45, 7) is 1.56. The summed E-state index contributed by atoms with van der Waals surface area (Å²) in [6.07, 6.45) is 0.234. The third kappa shape index (κ3) is 3.63. The maximum absolute atomic E-state index is 12.6. The minimum atomic E-state index is -0.645. The Balaban J connectivity index is 1.58. The van der Waals surface area contributed by atoms with E-state index in [9.17, 15) is 4.79 Å². The van der Waals surface area contributed by atoms with Crippen LogP contribution in [-0.4, -0.2) is 36.6 Å². The summed E-state index contributed by atoms with van der Waals surface area (Å²) in [5.41, 5.74) is 1.37. The van der Waals surface area contributed by atoms with Crippen molar-refractivity contribution >= 4 is 29.1 Å². The van der Waals surface area contributed by atoms with Gasteiger partial charge in [0.15, 0.2) is 11.7 Å². The van der Waals surface area contributed by atoms with Crippen LogP contribution in [0, 0.1) is 0 Å². The molecule has 4 rings (SSSR count). The van der Waals surface area contributed by atoms with Crippen molar-refractivity contribution in [1.82, 2.24) is 5.32 Å². The predicted octanol–water partition coefficient (Wildman–Crippen LogP) is 3.81. The smallest absolute Gasteiger partial charge is 0.412 e. The van der Waals surface area contributed by atoms with E-state index >= 15 is 0 Å². The number of piperidine rings is 1. The number of carbonyl (C=O) groups is 1. The number of ether oxygens (including phenoxy) is 1. The number of anilines is 1. The van der Waals surface area contributed by atoms with Crippen LogP contribution in [0.2, 0.25) is 5.02 Å². The topological polar surface area (TPSA) is 72.0 Å². The Morgan fingerprint density at radius 2 is 1.85 bits per heavy atom. The standard InChI is InChI=1S/C20H20ClN3O3/c21-15-8-4-5-9-16(15)23-19(25)26-18-17(14-6-2-1-3-7-14)24-27-20(18)10-12-22-13-11-20/h1-9,18,22H,10-13H2,(H,23,25). The van der Waals surface area contributed by atoms with E-state index in [4.69, 9.17) is 21.2 Å². The maximum atomic E-state index is 12.6. The van der Waals surface area contributed by atoms with Gasteiger partial charge in [0.25, 0.3) is 0 Å². The summed E-state index contributed by atoms with van der Waals surface area (Å²) in [7, 11) is 0. The number of hydrogen-bond acceptors (Lipinski definition) is 5. The molecule has 2 aliphatic rings. The summed E-state index contributed by atoms with van der Waals surface area (Å²) in [4.78, 5) is 18.5. The van der Waals surface area contributed by atoms with E-state index < -0.39 is 17.8 Å². The first kappa shape index (κ1) is 17.8. The third-order valence-corrected chi connectivity index (χ3v) is 5.24. The number of nitrogens with one attached hydrogen (secondary N) is 2. The highest BCUT2D eigenvalue weighted by atomic mass is 35.5. The fourth-order valence-corrected chi connectivity index (χ4v) is 3.66. The van der Waals surface area contributed by atoms with E-state index in [-0.39, 0.29) is 0 Å². The monoisotopic (exact) mass is 385 g/mol. The molecule has 1 atom stereocenters. The molecule has 27 heavy (non-hydrogen) atoms. The Labute approximate surface area is 162 Å². The van der Waals surface area contributed by atoms with Gasteiger partial charge in [0, 0.05) is 18.4 Å². The molecule has 2 N–H and O–H groups in total. The van der Waals surface area contributed by atoms with Crippen molar-refractivity contribution in [3.8, 4) is 0 Å². The van der Waals surface area contributed by atoms with Gasteiger partial charge in [0.2, 0.25) is 0 Å². The normalized spacial score (nSPS) is 20.6. The summed E-state index contributed by atoms with van der Waals surface area (Å²) < 4.78 is 5.84. The molecule has 2 aliphatic heterocycles. The van der Waals surface area contributed by atoms with Gasteiger partial charge in [-0.1, -0.05) is 59.2 Å². The van der Waals surface area contributed by atoms with Gasteiger partial charge in [-0.15, -0.1) is 0 Å². The zero-order valence-corrected chi connectivity index (χ0v) is 15.4. The highest BCUT2D eigenvalue weighted by molar-refractivity contribution is 6.33. The second-order valence-electron chi connectivity index (χ2n) is 6.64. The Bertz CT molecular complexity index is 851. The molecule has 1 unspecified atom stereocenters. The molecule has 0 radical (unpaired) electrons. The van der Waals surface area contributed by atoms with Gasteiger partial charge in [-0.25, -0.2) is 4.79 Å². The highest BCUT2D eigenvalue weighted by Gasteiger charge is 2.52. The Morgan fingerprint density at radius 3 is 2.59 bits per heavy atom. The first-order valence-corrected chi connectivity index (χ1v) is 9.30. The van der Waals surface area contributed by atoms with Crippen LogP contribution in [0.4, 0.5) is 10.5 Å². The lowest BCUT2D eigenvalue weighted by Crippen LogP contribution is -2.53. The quantitative estimate of drug-likeness (QED) is 0.842. The molecule has 0 saturated carbocycles. The Kier molecular flexibility index (Phi) is 5.01. The molecule has 7 heteroatoms. The number of oxime groups is 1. The summed E-state index contributed by atoms with van der Waals surface area (Å²) >= 11 is 6.12. The van der Waals surface area contributed by atoms with Gasteiger partial charge in [-0.05, 0) is 25.2 Å². The van der Waals surface area contributed by atoms with Crippen LogP contribution in [0.15, 0.2) is 59.8 Å². The second kappa shape index (κ2) is 7.58. The molecule has 1 spiro atoms. The molecule has 2 heterocycles. The molecular formula is C20H20ClN3O3. The molecule has 1 amide bonds.